The Hall–Kier alpha value is -6.90. The molecule has 0 aliphatic rings. The summed E-state index contributed by atoms with van der Waals surface area (Å²) in [6.07, 6.45) is 0. The first-order chi connectivity index (χ1) is 25.8. The van der Waals surface area contributed by atoms with Crippen molar-refractivity contribution in [1.29, 1.82) is 0 Å². The summed E-state index contributed by atoms with van der Waals surface area (Å²) >= 11 is 0. The molecule has 2 heteroatoms. The number of nitrogens with zero attached hydrogens (tertiary/aromatic N) is 1. The summed E-state index contributed by atoms with van der Waals surface area (Å²) in [5.74, 6) is 0. The van der Waals surface area contributed by atoms with Gasteiger partial charge < -0.3 is 9.32 Å². The summed E-state index contributed by atoms with van der Waals surface area (Å²) in [5, 5.41) is 6.97. The van der Waals surface area contributed by atoms with Gasteiger partial charge in [0.05, 0.1) is 16.8 Å². The SMILES string of the molecule is c1ccc(-c2ccccc2N(c2ccc(-c3cccc4cccc(-c5ccccc5)c34)cc2)c2cccc3oc4c5ccccc5ccc4c23)cc1. The van der Waals surface area contributed by atoms with E-state index in [2.05, 4.69) is 205 Å². The largest absolute Gasteiger partial charge is 0.455 e. The molecular formula is C50H33NO. The van der Waals surface area contributed by atoms with Gasteiger partial charge in [-0.05, 0) is 80.4 Å². The van der Waals surface area contributed by atoms with E-state index in [9.17, 15) is 0 Å². The standard InChI is InChI=1S/C50H33NO/c1-3-14-34(15-4-1)40-21-9-10-25-45(40)51(46-26-13-27-47-49(46)44-33-30-36-18-7-8-22-43(36)50(44)52-47)39-31-28-37(29-32-39)42-24-12-20-38-19-11-23-41(48(38)42)35-16-5-2-6-17-35/h1-33H. The van der Waals surface area contributed by atoms with E-state index in [-0.39, 0.29) is 0 Å². The van der Waals surface area contributed by atoms with Gasteiger partial charge in [0.1, 0.15) is 11.2 Å². The second kappa shape index (κ2) is 12.5. The molecule has 0 N–H and O–H groups in total. The monoisotopic (exact) mass is 663 g/mol. The zero-order chi connectivity index (χ0) is 34.4. The highest BCUT2D eigenvalue weighted by Gasteiger charge is 2.23. The lowest BCUT2D eigenvalue weighted by atomic mass is 9.91. The van der Waals surface area contributed by atoms with Crippen LogP contribution >= 0.6 is 0 Å². The minimum atomic E-state index is 0.867. The molecule has 0 radical (unpaired) electrons. The molecule has 0 saturated carbocycles. The van der Waals surface area contributed by atoms with E-state index >= 15 is 0 Å². The van der Waals surface area contributed by atoms with Gasteiger partial charge in [0.15, 0.2) is 0 Å². The number of hydrogen-bond acceptors (Lipinski definition) is 2. The third-order valence-electron chi connectivity index (χ3n) is 10.3. The third kappa shape index (κ3) is 4.96. The fourth-order valence-electron chi connectivity index (χ4n) is 7.89. The van der Waals surface area contributed by atoms with Crippen LogP contribution in [0.1, 0.15) is 0 Å². The van der Waals surface area contributed by atoms with E-state index in [0.717, 1.165) is 50.0 Å². The van der Waals surface area contributed by atoms with Gasteiger partial charge in [0, 0.05) is 22.0 Å². The molecule has 1 heterocycles. The number of rotatable bonds is 6. The predicted octanol–water partition coefficient (Wildman–Crippen LogP) is 14.4. The van der Waals surface area contributed by atoms with Crippen molar-refractivity contribution in [2.24, 2.45) is 0 Å². The predicted molar refractivity (Wildman–Crippen MR) is 220 cm³/mol. The average Bonchev–Trinajstić information content (AvgIpc) is 3.62. The Morgan fingerprint density at radius 1 is 0.327 bits per heavy atom. The second-order valence-corrected chi connectivity index (χ2v) is 13.3. The lowest BCUT2D eigenvalue weighted by molar-refractivity contribution is 0.672. The third-order valence-corrected chi connectivity index (χ3v) is 10.3. The molecule has 0 saturated heterocycles. The molecule has 0 bridgehead atoms. The highest BCUT2D eigenvalue weighted by Crippen LogP contribution is 2.47. The number of fused-ring (bicyclic) bond motifs is 6. The Bertz CT molecular complexity index is 2880. The highest BCUT2D eigenvalue weighted by molar-refractivity contribution is 6.20. The van der Waals surface area contributed by atoms with Gasteiger partial charge in [0.2, 0.25) is 0 Å². The molecule has 0 aliphatic heterocycles. The zero-order valence-corrected chi connectivity index (χ0v) is 28.4. The van der Waals surface area contributed by atoms with Crippen molar-refractivity contribution >= 4 is 60.5 Å². The normalized spacial score (nSPS) is 11.5. The maximum Gasteiger partial charge on any atom is 0.143 e. The minimum Gasteiger partial charge on any atom is -0.455 e. The molecule has 0 atom stereocenters. The van der Waals surface area contributed by atoms with Crippen LogP contribution in [0.15, 0.2) is 205 Å². The number of anilines is 3. The molecule has 244 valence electrons. The Balaban J connectivity index is 1.20. The van der Waals surface area contributed by atoms with Crippen LogP contribution in [0.25, 0.3) is 76.9 Å². The highest BCUT2D eigenvalue weighted by atomic mass is 16.3. The number of benzene rings is 9. The molecule has 52 heavy (non-hydrogen) atoms. The van der Waals surface area contributed by atoms with Crippen molar-refractivity contribution in [1.82, 2.24) is 0 Å². The van der Waals surface area contributed by atoms with E-state index in [0.29, 0.717) is 0 Å². The van der Waals surface area contributed by atoms with Gasteiger partial charge in [-0.3, -0.25) is 0 Å². The molecule has 10 aromatic rings. The Labute approximate surface area is 302 Å². The summed E-state index contributed by atoms with van der Waals surface area (Å²) in [7, 11) is 0. The van der Waals surface area contributed by atoms with Crippen LogP contribution in [0.3, 0.4) is 0 Å². The van der Waals surface area contributed by atoms with Crippen LogP contribution in [0.4, 0.5) is 17.1 Å². The summed E-state index contributed by atoms with van der Waals surface area (Å²) < 4.78 is 6.68. The van der Waals surface area contributed by atoms with Crippen LogP contribution < -0.4 is 4.90 Å². The van der Waals surface area contributed by atoms with E-state index in [1.54, 1.807) is 0 Å². The van der Waals surface area contributed by atoms with Crippen LogP contribution in [-0.4, -0.2) is 0 Å². The van der Waals surface area contributed by atoms with Gasteiger partial charge in [-0.2, -0.15) is 0 Å². The first-order valence-corrected chi connectivity index (χ1v) is 17.8. The van der Waals surface area contributed by atoms with Crippen LogP contribution in [-0.2, 0) is 0 Å². The molecule has 0 amide bonds. The summed E-state index contributed by atoms with van der Waals surface area (Å²) in [4.78, 5) is 2.40. The van der Waals surface area contributed by atoms with E-state index in [1.165, 1.54) is 44.0 Å². The minimum absolute atomic E-state index is 0.867. The maximum absolute atomic E-state index is 6.68. The number of furan rings is 1. The lowest BCUT2D eigenvalue weighted by Gasteiger charge is -2.28. The Kier molecular flexibility index (Phi) is 7.18. The Morgan fingerprint density at radius 2 is 0.885 bits per heavy atom. The van der Waals surface area contributed by atoms with Gasteiger partial charge in [0.25, 0.3) is 0 Å². The van der Waals surface area contributed by atoms with E-state index in [4.69, 9.17) is 4.42 Å². The molecule has 1 aromatic heterocycles. The first-order valence-electron chi connectivity index (χ1n) is 17.8. The van der Waals surface area contributed by atoms with Crippen molar-refractivity contribution in [3.05, 3.63) is 200 Å². The topological polar surface area (TPSA) is 16.4 Å². The summed E-state index contributed by atoms with van der Waals surface area (Å²) in [6, 6.07) is 71.6. The smallest absolute Gasteiger partial charge is 0.143 e. The summed E-state index contributed by atoms with van der Waals surface area (Å²) in [6.45, 7) is 0. The van der Waals surface area contributed by atoms with Crippen molar-refractivity contribution in [3.8, 4) is 33.4 Å². The average molecular weight is 664 g/mol. The van der Waals surface area contributed by atoms with Crippen LogP contribution in [0.5, 0.6) is 0 Å². The van der Waals surface area contributed by atoms with Crippen molar-refractivity contribution in [3.63, 3.8) is 0 Å². The van der Waals surface area contributed by atoms with Gasteiger partial charge in [-0.25, -0.2) is 0 Å². The molecule has 2 nitrogen and oxygen atoms in total. The molecule has 0 unspecified atom stereocenters. The van der Waals surface area contributed by atoms with Crippen molar-refractivity contribution in [2.75, 3.05) is 4.90 Å². The van der Waals surface area contributed by atoms with Crippen molar-refractivity contribution in [2.45, 2.75) is 0 Å². The van der Waals surface area contributed by atoms with Crippen LogP contribution in [0, 0.1) is 0 Å². The van der Waals surface area contributed by atoms with E-state index in [1.807, 2.05) is 0 Å². The number of para-hydroxylation sites is 1. The molecule has 0 spiro atoms. The fraction of sp³-hybridized carbons (Fsp3) is 0. The lowest BCUT2D eigenvalue weighted by Crippen LogP contribution is -2.11. The first kappa shape index (κ1) is 30.0. The molecule has 9 aromatic carbocycles. The molecule has 0 fully saturated rings. The van der Waals surface area contributed by atoms with Gasteiger partial charge >= 0.3 is 0 Å². The molecule has 10 rings (SSSR count). The molecular weight excluding hydrogens is 631 g/mol. The van der Waals surface area contributed by atoms with Crippen molar-refractivity contribution < 1.29 is 4.42 Å². The summed E-state index contributed by atoms with van der Waals surface area (Å²) in [5.41, 5.74) is 12.2. The van der Waals surface area contributed by atoms with Gasteiger partial charge in [-0.1, -0.05) is 164 Å². The quantitative estimate of drug-likeness (QED) is 0.176. The maximum atomic E-state index is 6.68. The van der Waals surface area contributed by atoms with Gasteiger partial charge in [-0.15, -0.1) is 0 Å². The zero-order valence-electron chi connectivity index (χ0n) is 28.4. The molecule has 0 aliphatic carbocycles. The fourth-order valence-corrected chi connectivity index (χ4v) is 7.89. The number of hydrogen-bond donors (Lipinski definition) is 0. The second-order valence-electron chi connectivity index (χ2n) is 13.3. The van der Waals surface area contributed by atoms with E-state index < -0.39 is 0 Å². The van der Waals surface area contributed by atoms with Crippen LogP contribution in [0.2, 0.25) is 0 Å². The Morgan fingerprint density at radius 3 is 1.63 bits per heavy atom.